The van der Waals surface area contributed by atoms with Gasteiger partial charge >= 0.3 is 0 Å². The van der Waals surface area contributed by atoms with Crippen molar-refractivity contribution in [1.29, 1.82) is 0 Å². The number of aromatic nitrogens is 2. The molecule has 1 aromatic heterocycles. The Bertz CT molecular complexity index is 349. The lowest BCUT2D eigenvalue weighted by Crippen LogP contribution is -2.15. The minimum atomic E-state index is 0.457. The van der Waals surface area contributed by atoms with E-state index in [4.69, 9.17) is 11.5 Å². The number of nitrogens with zero attached hydrogens (tertiary/aromatic N) is 2. The van der Waals surface area contributed by atoms with Gasteiger partial charge in [-0.2, -0.15) is 0 Å². The van der Waals surface area contributed by atoms with Crippen molar-refractivity contribution in [3.05, 3.63) is 6.07 Å². The minimum absolute atomic E-state index is 0.457. The van der Waals surface area contributed by atoms with Gasteiger partial charge < -0.3 is 11.5 Å². The van der Waals surface area contributed by atoms with E-state index in [-0.39, 0.29) is 0 Å². The molecule has 0 saturated heterocycles. The third-order valence-corrected chi connectivity index (χ3v) is 4.06. The second-order valence-electron chi connectivity index (χ2n) is 4.51. The maximum absolute atomic E-state index is 5.65. The highest BCUT2D eigenvalue weighted by Gasteiger charge is 2.20. The number of thioether (sulfide) groups is 1. The highest BCUT2D eigenvalue weighted by atomic mass is 32.2. The van der Waals surface area contributed by atoms with Gasteiger partial charge in [-0.25, -0.2) is 9.97 Å². The molecule has 2 atom stereocenters. The van der Waals surface area contributed by atoms with Crippen LogP contribution in [0.15, 0.2) is 11.2 Å². The van der Waals surface area contributed by atoms with Gasteiger partial charge in [-0.15, -0.1) is 0 Å². The normalized spacial score (nSPS) is 25.6. The summed E-state index contributed by atoms with van der Waals surface area (Å²) in [5, 5.41) is 1.33. The standard InChI is InChI=1S/C11H18N4S/c1-7-3-2-4-8(5-7)16-11-14-9(12)6-10(13)15-11/h6-8H,2-5H2,1H3,(H4,12,13,14,15). The van der Waals surface area contributed by atoms with Crippen LogP contribution in [0.4, 0.5) is 11.6 Å². The van der Waals surface area contributed by atoms with Gasteiger partial charge in [0.05, 0.1) is 0 Å². The van der Waals surface area contributed by atoms with Crippen LogP contribution in [-0.4, -0.2) is 15.2 Å². The number of rotatable bonds is 2. The van der Waals surface area contributed by atoms with Crippen molar-refractivity contribution >= 4 is 23.4 Å². The molecule has 2 unspecified atom stereocenters. The Morgan fingerprint density at radius 2 is 1.94 bits per heavy atom. The summed E-state index contributed by atoms with van der Waals surface area (Å²) in [6.45, 7) is 2.31. The molecule has 16 heavy (non-hydrogen) atoms. The maximum atomic E-state index is 5.65. The number of nitrogen functional groups attached to an aromatic ring is 2. The van der Waals surface area contributed by atoms with Crippen LogP contribution in [0.3, 0.4) is 0 Å². The fourth-order valence-electron chi connectivity index (χ4n) is 2.15. The van der Waals surface area contributed by atoms with E-state index in [0.717, 1.165) is 11.1 Å². The summed E-state index contributed by atoms with van der Waals surface area (Å²) in [7, 11) is 0. The zero-order chi connectivity index (χ0) is 11.5. The van der Waals surface area contributed by atoms with E-state index in [2.05, 4.69) is 16.9 Å². The van der Waals surface area contributed by atoms with Crippen molar-refractivity contribution in [2.75, 3.05) is 11.5 Å². The molecule has 0 aromatic carbocycles. The smallest absolute Gasteiger partial charge is 0.191 e. The van der Waals surface area contributed by atoms with Crippen LogP contribution < -0.4 is 11.5 Å². The largest absolute Gasteiger partial charge is 0.383 e. The Morgan fingerprint density at radius 1 is 1.25 bits per heavy atom. The van der Waals surface area contributed by atoms with Crippen molar-refractivity contribution in [3.8, 4) is 0 Å². The number of anilines is 2. The van der Waals surface area contributed by atoms with Crippen LogP contribution >= 0.6 is 11.8 Å². The van der Waals surface area contributed by atoms with E-state index in [9.17, 15) is 0 Å². The van der Waals surface area contributed by atoms with Crippen LogP contribution in [0, 0.1) is 5.92 Å². The molecule has 1 saturated carbocycles. The summed E-state index contributed by atoms with van der Waals surface area (Å²) in [5.41, 5.74) is 11.3. The number of hydrogen-bond donors (Lipinski definition) is 2. The SMILES string of the molecule is CC1CCCC(Sc2nc(N)cc(N)n2)C1. The molecule has 1 heterocycles. The highest BCUT2D eigenvalue weighted by molar-refractivity contribution is 7.99. The predicted octanol–water partition coefficient (Wildman–Crippen LogP) is 2.31. The van der Waals surface area contributed by atoms with Crippen LogP contribution in [0.5, 0.6) is 0 Å². The van der Waals surface area contributed by atoms with E-state index < -0.39 is 0 Å². The second-order valence-corrected chi connectivity index (χ2v) is 5.78. The Morgan fingerprint density at radius 3 is 2.56 bits per heavy atom. The van der Waals surface area contributed by atoms with E-state index >= 15 is 0 Å². The summed E-state index contributed by atoms with van der Waals surface area (Å²) < 4.78 is 0. The Labute approximate surface area is 100 Å². The van der Waals surface area contributed by atoms with Gasteiger partial charge in [0, 0.05) is 11.3 Å². The molecule has 4 nitrogen and oxygen atoms in total. The molecule has 5 heteroatoms. The van der Waals surface area contributed by atoms with E-state index in [0.29, 0.717) is 16.9 Å². The van der Waals surface area contributed by atoms with E-state index in [1.807, 2.05) is 0 Å². The minimum Gasteiger partial charge on any atom is -0.383 e. The lowest BCUT2D eigenvalue weighted by molar-refractivity contribution is 0.394. The van der Waals surface area contributed by atoms with Crippen molar-refractivity contribution in [3.63, 3.8) is 0 Å². The summed E-state index contributed by atoms with van der Waals surface area (Å²) in [6, 6.07) is 1.59. The predicted molar refractivity (Wildman–Crippen MR) is 68.1 cm³/mol. The van der Waals surface area contributed by atoms with Gasteiger partial charge in [-0.1, -0.05) is 31.5 Å². The Balaban J connectivity index is 2.02. The van der Waals surface area contributed by atoms with Crippen molar-refractivity contribution in [2.45, 2.75) is 43.0 Å². The van der Waals surface area contributed by atoms with Gasteiger partial charge in [0.15, 0.2) is 5.16 Å². The van der Waals surface area contributed by atoms with Crippen molar-refractivity contribution in [2.24, 2.45) is 5.92 Å². The molecule has 4 N–H and O–H groups in total. The third-order valence-electron chi connectivity index (χ3n) is 2.91. The maximum Gasteiger partial charge on any atom is 0.191 e. The fourth-order valence-corrected chi connectivity index (χ4v) is 3.47. The van der Waals surface area contributed by atoms with Crippen molar-refractivity contribution in [1.82, 2.24) is 9.97 Å². The first-order valence-electron chi connectivity index (χ1n) is 5.70. The Hall–Kier alpha value is -0.970. The fraction of sp³-hybridized carbons (Fsp3) is 0.636. The van der Waals surface area contributed by atoms with Crippen molar-refractivity contribution < 1.29 is 0 Å². The first kappa shape index (κ1) is 11.5. The van der Waals surface area contributed by atoms with Gasteiger partial charge in [-0.3, -0.25) is 0 Å². The van der Waals surface area contributed by atoms with Crippen LogP contribution in [-0.2, 0) is 0 Å². The molecular formula is C11H18N4S. The second kappa shape index (κ2) is 4.91. The lowest BCUT2D eigenvalue weighted by Gasteiger charge is -2.25. The molecular weight excluding hydrogens is 220 g/mol. The molecule has 0 bridgehead atoms. The molecule has 0 amide bonds. The molecule has 1 aromatic rings. The first-order chi connectivity index (χ1) is 7.63. The van der Waals surface area contributed by atoms with Gasteiger partial charge in [-0.05, 0) is 18.8 Å². The zero-order valence-corrected chi connectivity index (χ0v) is 10.3. The molecule has 0 radical (unpaired) electrons. The molecule has 1 fully saturated rings. The zero-order valence-electron chi connectivity index (χ0n) is 9.52. The first-order valence-corrected chi connectivity index (χ1v) is 6.58. The summed E-state index contributed by atoms with van der Waals surface area (Å²) in [6.07, 6.45) is 5.13. The van der Waals surface area contributed by atoms with E-state index in [1.54, 1.807) is 17.8 Å². The molecule has 1 aliphatic rings. The Kier molecular flexibility index (Phi) is 3.53. The topological polar surface area (TPSA) is 77.8 Å². The third kappa shape index (κ3) is 3.01. The average Bonchev–Trinajstić information content (AvgIpc) is 2.15. The summed E-state index contributed by atoms with van der Waals surface area (Å²) in [4.78, 5) is 8.41. The number of nitrogens with two attached hydrogens (primary N) is 2. The lowest BCUT2D eigenvalue weighted by atomic mass is 9.91. The van der Waals surface area contributed by atoms with Crippen LogP contribution in [0.1, 0.15) is 32.6 Å². The van der Waals surface area contributed by atoms with Gasteiger partial charge in [0.2, 0.25) is 0 Å². The molecule has 88 valence electrons. The average molecular weight is 238 g/mol. The van der Waals surface area contributed by atoms with Crippen LogP contribution in [0.2, 0.25) is 0 Å². The van der Waals surface area contributed by atoms with Crippen LogP contribution in [0.25, 0.3) is 0 Å². The molecule has 2 rings (SSSR count). The summed E-state index contributed by atoms with van der Waals surface area (Å²) >= 11 is 1.71. The van der Waals surface area contributed by atoms with E-state index in [1.165, 1.54) is 25.7 Å². The van der Waals surface area contributed by atoms with Gasteiger partial charge in [0.1, 0.15) is 11.6 Å². The number of hydrogen-bond acceptors (Lipinski definition) is 5. The molecule has 0 spiro atoms. The molecule has 0 aliphatic heterocycles. The highest BCUT2D eigenvalue weighted by Crippen LogP contribution is 2.34. The monoisotopic (exact) mass is 238 g/mol. The van der Waals surface area contributed by atoms with Gasteiger partial charge in [0.25, 0.3) is 0 Å². The summed E-state index contributed by atoms with van der Waals surface area (Å²) in [5.74, 6) is 1.72. The molecule has 1 aliphatic carbocycles. The quantitative estimate of drug-likeness (QED) is 0.773.